The number of hydrogen-bond donors (Lipinski definition) is 1. The van der Waals surface area contributed by atoms with Crippen LogP contribution in [0, 0.1) is 0 Å². The first kappa shape index (κ1) is 18.9. The Morgan fingerprint density at radius 1 is 1.07 bits per heavy atom. The van der Waals surface area contributed by atoms with Gasteiger partial charge in [0.25, 0.3) is 0 Å². The van der Waals surface area contributed by atoms with Crippen molar-refractivity contribution in [3.05, 3.63) is 72.3 Å². The molecule has 1 heterocycles. The summed E-state index contributed by atoms with van der Waals surface area (Å²) in [5.41, 5.74) is -0.115. The van der Waals surface area contributed by atoms with Gasteiger partial charge in [0, 0.05) is 0 Å². The molecule has 150 valence electrons. The van der Waals surface area contributed by atoms with E-state index in [1.165, 1.54) is 0 Å². The monoisotopic (exact) mass is 393 g/mol. The molecule has 0 saturated carbocycles. The van der Waals surface area contributed by atoms with Crippen molar-refractivity contribution in [1.82, 2.24) is 5.32 Å². The number of methoxy groups -OCH3 is 2. The summed E-state index contributed by atoms with van der Waals surface area (Å²) in [6.45, 7) is 0.718. The van der Waals surface area contributed by atoms with Crippen LogP contribution in [0.25, 0.3) is 0 Å². The maximum atomic E-state index is 13.2. The molecule has 4 rings (SSSR count). The van der Waals surface area contributed by atoms with E-state index in [0.717, 1.165) is 11.3 Å². The number of para-hydroxylation sites is 2. The quantitative estimate of drug-likeness (QED) is 0.817. The third-order valence-corrected chi connectivity index (χ3v) is 5.12. The maximum absolute atomic E-state index is 13.2. The molecule has 0 radical (unpaired) electrons. The van der Waals surface area contributed by atoms with Crippen molar-refractivity contribution in [3.8, 4) is 23.0 Å². The summed E-state index contributed by atoms with van der Waals surface area (Å²) in [5.74, 6) is 2.46. The Kier molecular flexibility index (Phi) is 5.16. The van der Waals surface area contributed by atoms with Crippen molar-refractivity contribution in [3.63, 3.8) is 0 Å². The molecule has 1 amide bonds. The molecule has 6 nitrogen and oxygen atoms in total. The smallest absolute Gasteiger partial charge is 0.238 e. The summed E-state index contributed by atoms with van der Waals surface area (Å²) in [5, 5.41) is 3.01. The fourth-order valence-corrected chi connectivity index (χ4v) is 3.56. The summed E-state index contributed by atoms with van der Waals surface area (Å²) >= 11 is 0. The summed E-state index contributed by atoms with van der Waals surface area (Å²) < 4.78 is 22.4. The number of carbonyl (C=O) groups is 1. The summed E-state index contributed by atoms with van der Waals surface area (Å²) in [6, 6.07) is 13.0. The van der Waals surface area contributed by atoms with E-state index >= 15 is 0 Å². The van der Waals surface area contributed by atoms with Gasteiger partial charge in [-0.1, -0.05) is 42.5 Å². The molecule has 2 aromatic carbocycles. The molecule has 1 N–H and O–H groups in total. The lowest BCUT2D eigenvalue weighted by Crippen LogP contribution is -2.47. The van der Waals surface area contributed by atoms with Crippen molar-refractivity contribution in [2.45, 2.75) is 11.5 Å². The number of hydrogen-bond acceptors (Lipinski definition) is 5. The summed E-state index contributed by atoms with van der Waals surface area (Å²) in [6.07, 6.45) is 7.22. The molecule has 0 aromatic heterocycles. The predicted molar refractivity (Wildman–Crippen MR) is 109 cm³/mol. The zero-order valence-electron chi connectivity index (χ0n) is 16.4. The Morgan fingerprint density at radius 2 is 1.79 bits per heavy atom. The van der Waals surface area contributed by atoms with Crippen LogP contribution in [0.3, 0.4) is 0 Å². The first-order valence-corrected chi connectivity index (χ1v) is 9.42. The van der Waals surface area contributed by atoms with E-state index in [1.807, 2.05) is 60.7 Å². The van der Waals surface area contributed by atoms with Gasteiger partial charge in [0.05, 0.1) is 20.8 Å². The van der Waals surface area contributed by atoms with Crippen molar-refractivity contribution in [2.75, 3.05) is 27.4 Å². The molecule has 2 aliphatic rings. The molecule has 0 fully saturated rings. The molecule has 1 aliphatic heterocycles. The van der Waals surface area contributed by atoms with E-state index < -0.39 is 5.41 Å². The van der Waals surface area contributed by atoms with Gasteiger partial charge in [-0.2, -0.15) is 0 Å². The highest BCUT2D eigenvalue weighted by molar-refractivity contribution is 5.94. The second kappa shape index (κ2) is 7.91. The van der Waals surface area contributed by atoms with Crippen molar-refractivity contribution >= 4 is 5.91 Å². The largest absolute Gasteiger partial charge is 0.493 e. The Bertz CT molecular complexity index is 953. The average Bonchev–Trinajstić information content (AvgIpc) is 3.28. The van der Waals surface area contributed by atoms with Crippen LogP contribution in [-0.4, -0.2) is 39.4 Å². The van der Waals surface area contributed by atoms with E-state index in [4.69, 9.17) is 18.9 Å². The van der Waals surface area contributed by atoms with Crippen LogP contribution in [0.4, 0.5) is 0 Å². The molecule has 0 spiro atoms. The molecule has 6 heteroatoms. The van der Waals surface area contributed by atoms with Gasteiger partial charge >= 0.3 is 0 Å². The number of nitrogens with one attached hydrogen (secondary N) is 1. The van der Waals surface area contributed by atoms with Crippen LogP contribution >= 0.6 is 0 Å². The second-order valence-corrected chi connectivity index (χ2v) is 6.86. The van der Waals surface area contributed by atoms with Gasteiger partial charge in [-0.3, -0.25) is 4.79 Å². The molecular weight excluding hydrogens is 370 g/mol. The number of ether oxygens (including phenoxy) is 4. The van der Waals surface area contributed by atoms with Gasteiger partial charge in [-0.05, 0) is 29.8 Å². The van der Waals surface area contributed by atoms with Crippen LogP contribution in [0.2, 0.25) is 0 Å². The van der Waals surface area contributed by atoms with E-state index in [1.54, 1.807) is 20.3 Å². The standard InChI is InChI=1S/C23H23NO5/c1-26-18-10-9-16(13-21(18)27-2)23(11-5-6-12-23)22(25)24-14-17-15-28-19-7-3-4-8-20(19)29-17/h3-13,17H,14-15H2,1-2H3,(H,24,25). The summed E-state index contributed by atoms with van der Waals surface area (Å²) in [4.78, 5) is 13.2. The molecule has 1 atom stereocenters. The first-order chi connectivity index (χ1) is 14.2. The van der Waals surface area contributed by atoms with Crippen molar-refractivity contribution in [2.24, 2.45) is 0 Å². The van der Waals surface area contributed by atoms with Gasteiger partial charge in [0.1, 0.15) is 18.1 Å². The van der Waals surface area contributed by atoms with Crippen LogP contribution in [0.15, 0.2) is 66.8 Å². The van der Waals surface area contributed by atoms with E-state index in [-0.39, 0.29) is 12.0 Å². The van der Waals surface area contributed by atoms with E-state index in [0.29, 0.717) is 30.4 Å². The van der Waals surface area contributed by atoms with Crippen LogP contribution < -0.4 is 24.3 Å². The molecule has 1 unspecified atom stereocenters. The Balaban J connectivity index is 1.50. The minimum atomic E-state index is -0.910. The summed E-state index contributed by atoms with van der Waals surface area (Å²) in [7, 11) is 3.16. The minimum Gasteiger partial charge on any atom is -0.493 e. The van der Waals surface area contributed by atoms with Crippen LogP contribution in [0.1, 0.15) is 5.56 Å². The van der Waals surface area contributed by atoms with Crippen molar-refractivity contribution in [1.29, 1.82) is 0 Å². The SMILES string of the molecule is COc1ccc(C2(C(=O)NCC3COc4ccccc4O3)C=CC=C2)cc1OC. The number of fused-ring (bicyclic) bond motifs is 1. The van der Waals surface area contributed by atoms with Gasteiger partial charge in [0.15, 0.2) is 23.0 Å². The van der Waals surface area contributed by atoms with Crippen molar-refractivity contribution < 1.29 is 23.7 Å². The fourth-order valence-electron chi connectivity index (χ4n) is 3.56. The van der Waals surface area contributed by atoms with E-state index in [9.17, 15) is 4.79 Å². The lowest BCUT2D eigenvalue weighted by Gasteiger charge is -2.29. The lowest BCUT2D eigenvalue weighted by atomic mass is 9.80. The second-order valence-electron chi connectivity index (χ2n) is 6.86. The Morgan fingerprint density at radius 3 is 2.52 bits per heavy atom. The predicted octanol–water partition coefficient (Wildman–Crippen LogP) is 3.02. The third-order valence-electron chi connectivity index (χ3n) is 5.12. The molecular formula is C23H23NO5. The maximum Gasteiger partial charge on any atom is 0.238 e. The number of amides is 1. The highest BCUT2D eigenvalue weighted by Gasteiger charge is 2.38. The fraction of sp³-hybridized carbons (Fsp3) is 0.261. The van der Waals surface area contributed by atoms with Gasteiger partial charge < -0.3 is 24.3 Å². The number of benzene rings is 2. The number of rotatable bonds is 6. The zero-order chi connectivity index (χ0) is 20.3. The Labute approximate surface area is 169 Å². The minimum absolute atomic E-state index is 0.142. The number of carbonyl (C=O) groups excluding carboxylic acids is 1. The van der Waals surface area contributed by atoms with Gasteiger partial charge in [-0.15, -0.1) is 0 Å². The average molecular weight is 393 g/mol. The normalized spacial score (nSPS) is 18.3. The Hall–Kier alpha value is -3.41. The molecule has 0 saturated heterocycles. The molecule has 1 aliphatic carbocycles. The first-order valence-electron chi connectivity index (χ1n) is 9.42. The highest BCUT2D eigenvalue weighted by Crippen LogP contribution is 2.37. The molecule has 2 aromatic rings. The van der Waals surface area contributed by atoms with E-state index in [2.05, 4.69) is 5.32 Å². The number of allylic oxidation sites excluding steroid dienone is 2. The zero-order valence-corrected chi connectivity index (χ0v) is 16.4. The molecule has 0 bridgehead atoms. The molecule has 29 heavy (non-hydrogen) atoms. The highest BCUT2D eigenvalue weighted by atomic mass is 16.6. The lowest BCUT2D eigenvalue weighted by molar-refractivity contribution is -0.124. The van der Waals surface area contributed by atoms with Crippen LogP contribution in [0.5, 0.6) is 23.0 Å². The topological polar surface area (TPSA) is 66.0 Å². The van der Waals surface area contributed by atoms with Crippen LogP contribution in [-0.2, 0) is 10.2 Å². The third kappa shape index (κ3) is 3.53. The van der Waals surface area contributed by atoms with Gasteiger partial charge in [0.2, 0.25) is 5.91 Å². The van der Waals surface area contributed by atoms with Gasteiger partial charge in [-0.25, -0.2) is 0 Å².